The van der Waals surface area contributed by atoms with Gasteiger partial charge in [-0.2, -0.15) is 0 Å². The monoisotopic (exact) mass is 305 g/mol. The summed E-state index contributed by atoms with van der Waals surface area (Å²) in [5.74, 6) is 0.206. The summed E-state index contributed by atoms with van der Waals surface area (Å²) in [6, 6.07) is 5.60. The van der Waals surface area contributed by atoms with Crippen LogP contribution in [-0.4, -0.2) is 11.0 Å². The Morgan fingerprint density at radius 3 is 3.00 bits per heavy atom. The van der Waals surface area contributed by atoms with Crippen molar-refractivity contribution >= 4 is 28.2 Å². The van der Waals surface area contributed by atoms with Crippen molar-refractivity contribution in [3.63, 3.8) is 0 Å². The highest BCUT2D eigenvalue weighted by molar-refractivity contribution is 7.15. The summed E-state index contributed by atoms with van der Waals surface area (Å²) in [7, 11) is 0. The number of thiazole rings is 1. The zero-order valence-electron chi connectivity index (χ0n) is 11.6. The zero-order valence-corrected chi connectivity index (χ0v) is 12.5. The van der Waals surface area contributed by atoms with Gasteiger partial charge >= 0.3 is 6.03 Å². The molecule has 110 valence electrons. The van der Waals surface area contributed by atoms with Crippen LogP contribution in [0, 0.1) is 11.7 Å². The number of para-hydroxylation sites is 1. The maximum Gasteiger partial charge on any atom is 0.325 e. The third-order valence-corrected chi connectivity index (χ3v) is 4.56. The van der Waals surface area contributed by atoms with Crippen LogP contribution in [0.5, 0.6) is 0 Å². The molecule has 1 aromatic heterocycles. The minimum atomic E-state index is -0.473. The van der Waals surface area contributed by atoms with Gasteiger partial charge in [-0.3, -0.25) is 5.32 Å². The number of amides is 2. The maximum absolute atomic E-state index is 13.5. The fraction of sp³-hybridized carbons (Fsp3) is 0.333. The van der Waals surface area contributed by atoms with Crippen LogP contribution < -0.4 is 10.6 Å². The number of carbonyl (C=O) groups excluding carboxylic acids is 1. The number of nitrogens with one attached hydrogen (secondary N) is 2. The molecule has 0 saturated heterocycles. The number of hydrogen-bond donors (Lipinski definition) is 2. The number of carbonyl (C=O) groups is 1. The van der Waals surface area contributed by atoms with E-state index in [1.807, 2.05) is 0 Å². The van der Waals surface area contributed by atoms with Crippen LogP contribution >= 0.6 is 11.3 Å². The molecule has 2 N–H and O–H groups in total. The summed E-state index contributed by atoms with van der Waals surface area (Å²) in [6.07, 6.45) is 3.12. The maximum atomic E-state index is 13.5. The number of aryl methyl sites for hydroxylation is 1. The number of anilines is 2. The number of rotatable bonds is 2. The van der Waals surface area contributed by atoms with E-state index in [2.05, 4.69) is 22.5 Å². The van der Waals surface area contributed by atoms with E-state index in [1.165, 1.54) is 28.3 Å². The first-order chi connectivity index (χ1) is 10.1. The molecule has 1 aliphatic rings. The Morgan fingerprint density at radius 1 is 1.38 bits per heavy atom. The predicted octanol–water partition coefficient (Wildman–Crippen LogP) is 4.05. The fourth-order valence-corrected chi connectivity index (χ4v) is 3.57. The third-order valence-electron chi connectivity index (χ3n) is 3.53. The molecule has 0 aliphatic heterocycles. The van der Waals surface area contributed by atoms with Crippen LogP contribution in [0.4, 0.5) is 20.0 Å². The van der Waals surface area contributed by atoms with Crippen molar-refractivity contribution in [1.82, 2.24) is 4.98 Å². The molecule has 1 atom stereocenters. The molecule has 0 radical (unpaired) electrons. The quantitative estimate of drug-likeness (QED) is 0.879. The normalized spacial score (nSPS) is 17.1. The van der Waals surface area contributed by atoms with E-state index in [9.17, 15) is 9.18 Å². The Morgan fingerprint density at radius 2 is 2.19 bits per heavy atom. The molecular formula is C15H16FN3OS. The van der Waals surface area contributed by atoms with Gasteiger partial charge in [-0.05, 0) is 37.3 Å². The molecule has 2 amide bonds. The summed E-state index contributed by atoms with van der Waals surface area (Å²) in [5, 5.41) is 5.74. The first-order valence-corrected chi connectivity index (χ1v) is 7.74. The molecule has 21 heavy (non-hydrogen) atoms. The smallest absolute Gasteiger partial charge is 0.305 e. The van der Waals surface area contributed by atoms with E-state index in [0.717, 1.165) is 25.0 Å². The van der Waals surface area contributed by atoms with E-state index < -0.39 is 11.8 Å². The Labute approximate surface area is 126 Å². The largest absolute Gasteiger partial charge is 0.325 e. The fourth-order valence-electron chi connectivity index (χ4n) is 2.41. The molecule has 6 heteroatoms. The van der Waals surface area contributed by atoms with Crippen molar-refractivity contribution in [2.24, 2.45) is 5.92 Å². The molecule has 1 aliphatic carbocycles. The molecule has 1 aromatic carbocycles. The van der Waals surface area contributed by atoms with Crippen LogP contribution in [0.1, 0.15) is 23.9 Å². The topological polar surface area (TPSA) is 54.0 Å². The molecule has 0 bridgehead atoms. The highest BCUT2D eigenvalue weighted by atomic mass is 32.1. The van der Waals surface area contributed by atoms with Gasteiger partial charge in [-0.15, -0.1) is 11.3 Å². The SMILES string of the molecule is C[C@H]1CCc2nc(NC(=O)Nc3ccccc3F)sc2C1. The van der Waals surface area contributed by atoms with E-state index in [4.69, 9.17) is 0 Å². The predicted molar refractivity (Wildman–Crippen MR) is 82.3 cm³/mol. The number of urea groups is 1. The second kappa shape index (κ2) is 5.81. The summed E-state index contributed by atoms with van der Waals surface area (Å²) in [4.78, 5) is 17.6. The molecule has 1 heterocycles. The van der Waals surface area contributed by atoms with Crippen molar-refractivity contribution in [1.29, 1.82) is 0 Å². The Kier molecular flexibility index (Phi) is 3.88. The average molecular weight is 305 g/mol. The van der Waals surface area contributed by atoms with Crippen LogP contribution in [0.3, 0.4) is 0 Å². The minimum Gasteiger partial charge on any atom is -0.305 e. The van der Waals surface area contributed by atoms with Crippen molar-refractivity contribution in [3.05, 3.63) is 40.7 Å². The second-order valence-corrected chi connectivity index (χ2v) is 6.38. The lowest BCUT2D eigenvalue weighted by molar-refractivity contribution is 0.262. The number of nitrogens with zero attached hydrogens (tertiary/aromatic N) is 1. The van der Waals surface area contributed by atoms with E-state index in [-0.39, 0.29) is 5.69 Å². The summed E-state index contributed by atoms with van der Waals surface area (Å²) in [5.41, 5.74) is 1.24. The highest BCUT2D eigenvalue weighted by Crippen LogP contribution is 2.32. The van der Waals surface area contributed by atoms with Gasteiger partial charge < -0.3 is 5.32 Å². The van der Waals surface area contributed by atoms with Gasteiger partial charge in [0.25, 0.3) is 0 Å². The van der Waals surface area contributed by atoms with E-state index >= 15 is 0 Å². The van der Waals surface area contributed by atoms with Crippen LogP contribution in [0.25, 0.3) is 0 Å². The molecule has 0 saturated carbocycles. The Bertz CT molecular complexity index is 671. The van der Waals surface area contributed by atoms with Crippen molar-refractivity contribution in [3.8, 4) is 0 Å². The summed E-state index contributed by atoms with van der Waals surface area (Å²) < 4.78 is 13.5. The molecule has 0 unspecified atom stereocenters. The first kappa shape index (κ1) is 14.0. The van der Waals surface area contributed by atoms with Crippen LogP contribution in [-0.2, 0) is 12.8 Å². The van der Waals surface area contributed by atoms with Gasteiger partial charge in [0, 0.05) is 4.88 Å². The van der Waals surface area contributed by atoms with Gasteiger partial charge in [-0.25, -0.2) is 14.2 Å². The average Bonchev–Trinajstić information content (AvgIpc) is 2.82. The molecular weight excluding hydrogens is 289 g/mol. The lowest BCUT2D eigenvalue weighted by Gasteiger charge is -2.15. The first-order valence-electron chi connectivity index (χ1n) is 6.93. The Hall–Kier alpha value is -1.95. The standard InChI is InChI=1S/C15H16FN3OS/c1-9-6-7-12-13(8-9)21-15(18-12)19-14(20)17-11-5-3-2-4-10(11)16/h2-5,9H,6-8H2,1H3,(H2,17,18,19,20)/t9-/m0/s1. The highest BCUT2D eigenvalue weighted by Gasteiger charge is 2.20. The summed E-state index contributed by atoms with van der Waals surface area (Å²) in [6.45, 7) is 2.22. The van der Waals surface area contributed by atoms with Crippen molar-refractivity contribution in [2.75, 3.05) is 10.6 Å². The van der Waals surface area contributed by atoms with Gasteiger partial charge in [0.15, 0.2) is 5.13 Å². The molecule has 0 spiro atoms. The number of aromatic nitrogens is 1. The van der Waals surface area contributed by atoms with Gasteiger partial charge in [0.1, 0.15) is 5.82 Å². The van der Waals surface area contributed by atoms with Crippen molar-refractivity contribution in [2.45, 2.75) is 26.2 Å². The van der Waals surface area contributed by atoms with Gasteiger partial charge in [0.05, 0.1) is 11.4 Å². The number of halogens is 1. The minimum absolute atomic E-state index is 0.157. The molecule has 3 rings (SSSR count). The lowest BCUT2D eigenvalue weighted by Crippen LogP contribution is -2.20. The molecule has 0 fully saturated rings. The molecule has 4 nitrogen and oxygen atoms in total. The summed E-state index contributed by atoms with van der Waals surface area (Å²) >= 11 is 1.51. The van der Waals surface area contributed by atoms with Crippen molar-refractivity contribution < 1.29 is 9.18 Å². The zero-order chi connectivity index (χ0) is 14.8. The lowest BCUT2D eigenvalue weighted by atomic mass is 9.93. The van der Waals surface area contributed by atoms with E-state index in [0.29, 0.717) is 11.0 Å². The number of hydrogen-bond acceptors (Lipinski definition) is 3. The van der Waals surface area contributed by atoms with Gasteiger partial charge in [0.2, 0.25) is 0 Å². The van der Waals surface area contributed by atoms with E-state index in [1.54, 1.807) is 12.1 Å². The third kappa shape index (κ3) is 3.21. The van der Waals surface area contributed by atoms with Gasteiger partial charge in [-0.1, -0.05) is 19.1 Å². The van der Waals surface area contributed by atoms with Crippen LogP contribution in [0.15, 0.2) is 24.3 Å². The Balaban J connectivity index is 1.67. The number of fused-ring (bicyclic) bond motifs is 1. The van der Waals surface area contributed by atoms with Crippen LogP contribution in [0.2, 0.25) is 0 Å². The molecule has 2 aromatic rings. The number of benzene rings is 1. The second-order valence-electron chi connectivity index (χ2n) is 5.30.